The topological polar surface area (TPSA) is 80.1 Å². The summed E-state index contributed by atoms with van der Waals surface area (Å²) < 4.78 is 0.674. The third kappa shape index (κ3) is 3.22. The van der Waals surface area contributed by atoms with E-state index in [1.54, 1.807) is 6.92 Å². The molecule has 7 heteroatoms. The van der Waals surface area contributed by atoms with Crippen molar-refractivity contribution in [2.45, 2.75) is 38.8 Å². The fraction of sp³-hybridized carbons (Fsp3) is 0.583. The van der Waals surface area contributed by atoms with Crippen molar-refractivity contribution in [3.8, 4) is 0 Å². The van der Waals surface area contributed by atoms with Crippen LogP contribution in [0.25, 0.3) is 0 Å². The molecule has 0 aromatic carbocycles. The number of piperidine rings is 1. The first kappa shape index (κ1) is 14.2. The molecule has 2 unspecified atom stereocenters. The molecule has 1 fully saturated rings. The van der Waals surface area contributed by atoms with E-state index in [1.807, 2.05) is 0 Å². The van der Waals surface area contributed by atoms with Crippen molar-refractivity contribution in [3.05, 3.63) is 26.3 Å². The first-order chi connectivity index (χ1) is 8.99. The van der Waals surface area contributed by atoms with E-state index in [9.17, 15) is 10.1 Å². The molecule has 1 saturated heterocycles. The second kappa shape index (κ2) is 5.83. The maximum absolute atomic E-state index is 10.8. The highest BCUT2D eigenvalue weighted by Gasteiger charge is 2.22. The Kier molecular flexibility index (Phi) is 4.36. The zero-order valence-corrected chi connectivity index (χ0v) is 12.5. The average molecular weight is 329 g/mol. The third-order valence-corrected chi connectivity index (χ3v) is 4.37. The van der Waals surface area contributed by atoms with Gasteiger partial charge in [-0.1, -0.05) is 0 Å². The summed E-state index contributed by atoms with van der Waals surface area (Å²) in [6.45, 7) is 4.85. The molecular formula is C12H17BrN4O2. The fourth-order valence-corrected chi connectivity index (χ4v) is 2.73. The van der Waals surface area contributed by atoms with Crippen LogP contribution in [0, 0.1) is 17.0 Å². The molecule has 2 rings (SSSR count). The van der Waals surface area contributed by atoms with Crippen LogP contribution >= 0.6 is 15.9 Å². The fourth-order valence-electron chi connectivity index (χ4n) is 2.31. The Morgan fingerprint density at radius 1 is 1.63 bits per heavy atom. The largest absolute Gasteiger partial charge is 0.366 e. The summed E-state index contributed by atoms with van der Waals surface area (Å²) in [7, 11) is 0. The Labute approximate surface area is 120 Å². The lowest BCUT2D eigenvalue weighted by molar-refractivity contribution is -0.385. The Bertz CT molecular complexity index is 495. The van der Waals surface area contributed by atoms with Gasteiger partial charge in [-0.15, -0.1) is 0 Å². The van der Waals surface area contributed by atoms with Crippen LogP contribution in [0.15, 0.2) is 10.7 Å². The maximum Gasteiger partial charge on any atom is 0.291 e. The summed E-state index contributed by atoms with van der Waals surface area (Å²) in [6, 6.07) is 0.824. The predicted octanol–water partition coefficient (Wildman–Crippen LogP) is 2.61. The first-order valence-corrected chi connectivity index (χ1v) is 7.07. The van der Waals surface area contributed by atoms with Gasteiger partial charge in [-0.25, -0.2) is 4.98 Å². The summed E-state index contributed by atoms with van der Waals surface area (Å²) in [6.07, 6.45) is 3.35. The van der Waals surface area contributed by atoms with Gasteiger partial charge in [0.25, 0.3) is 5.69 Å². The van der Waals surface area contributed by atoms with E-state index in [2.05, 4.69) is 38.5 Å². The van der Waals surface area contributed by atoms with Crippen LogP contribution in [0.4, 0.5) is 11.5 Å². The molecule has 1 aromatic heterocycles. The Morgan fingerprint density at radius 2 is 2.37 bits per heavy atom. The highest BCUT2D eigenvalue weighted by Crippen LogP contribution is 2.31. The normalized spacial score (nSPS) is 23.1. The number of hydrogen-bond acceptors (Lipinski definition) is 5. The molecular weight excluding hydrogens is 312 g/mol. The number of nitrogens with one attached hydrogen (secondary N) is 2. The van der Waals surface area contributed by atoms with Gasteiger partial charge in [-0.3, -0.25) is 10.1 Å². The second-order valence-electron chi connectivity index (χ2n) is 4.91. The molecule has 6 nitrogen and oxygen atoms in total. The van der Waals surface area contributed by atoms with Gasteiger partial charge in [0.1, 0.15) is 12.0 Å². The van der Waals surface area contributed by atoms with E-state index in [4.69, 9.17) is 0 Å². The quantitative estimate of drug-likeness (QED) is 0.658. The lowest BCUT2D eigenvalue weighted by Gasteiger charge is -2.29. The van der Waals surface area contributed by atoms with Crippen LogP contribution in [-0.4, -0.2) is 28.5 Å². The Balaban J connectivity index is 2.17. The van der Waals surface area contributed by atoms with Crippen molar-refractivity contribution in [2.24, 2.45) is 0 Å². The molecule has 2 N–H and O–H groups in total. The van der Waals surface area contributed by atoms with Crippen molar-refractivity contribution in [2.75, 3.05) is 11.9 Å². The molecule has 104 valence electrons. The standard InChI is InChI=1S/C12H17BrN4O2/c1-7-5-9(3-4-14-7)16-12-11(13)8(2)10(6-15-12)17(18)19/h6-7,9,14H,3-5H2,1-2H3,(H,15,16). The number of anilines is 1. The smallest absolute Gasteiger partial charge is 0.291 e. The third-order valence-electron chi connectivity index (χ3n) is 3.40. The van der Waals surface area contributed by atoms with E-state index in [1.165, 1.54) is 6.20 Å². The van der Waals surface area contributed by atoms with E-state index < -0.39 is 4.92 Å². The lowest BCUT2D eigenvalue weighted by atomic mass is 10.0. The average Bonchev–Trinajstić information content (AvgIpc) is 2.35. The van der Waals surface area contributed by atoms with Crippen molar-refractivity contribution in [1.82, 2.24) is 10.3 Å². The van der Waals surface area contributed by atoms with Gasteiger partial charge in [0.2, 0.25) is 0 Å². The van der Waals surface area contributed by atoms with Crippen LogP contribution in [-0.2, 0) is 0 Å². The van der Waals surface area contributed by atoms with E-state index in [0.717, 1.165) is 19.4 Å². The number of nitrogens with zero attached hydrogens (tertiary/aromatic N) is 2. The molecule has 19 heavy (non-hydrogen) atoms. The number of nitro groups is 1. The SMILES string of the molecule is Cc1c([N+](=O)[O-])cnc(NC2CCNC(C)C2)c1Br. The highest BCUT2D eigenvalue weighted by molar-refractivity contribution is 9.10. The molecule has 0 spiro atoms. The van der Waals surface area contributed by atoms with E-state index in [0.29, 0.717) is 27.9 Å². The number of rotatable bonds is 3. The lowest BCUT2D eigenvalue weighted by Crippen LogP contribution is -2.41. The minimum atomic E-state index is -0.413. The summed E-state index contributed by atoms with van der Waals surface area (Å²) in [5.74, 6) is 0.683. The molecule has 0 aliphatic carbocycles. The maximum atomic E-state index is 10.8. The van der Waals surface area contributed by atoms with Gasteiger partial charge in [-0.2, -0.15) is 0 Å². The van der Waals surface area contributed by atoms with Crippen LogP contribution in [0.3, 0.4) is 0 Å². The molecule has 0 amide bonds. The van der Waals surface area contributed by atoms with Crippen molar-refractivity contribution < 1.29 is 4.92 Å². The van der Waals surface area contributed by atoms with Crippen molar-refractivity contribution in [3.63, 3.8) is 0 Å². The zero-order valence-electron chi connectivity index (χ0n) is 10.9. The van der Waals surface area contributed by atoms with Crippen LogP contribution in [0.1, 0.15) is 25.3 Å². The van der Waals surface area contributed by atoms with Crippen LogP contribution < -0.4 is 10.6 Å². The number of halogens is 1. The molecule has 2 heterocycles. The summed E-state index contributed by atoms with van der Waals surface area (Å²) in [4.78, 5) is 14.6. The minimum absolute atomic E-state index is 0.0381. The van der Waals surface area contributed by atoms with Crippen molar-refractivity contribution in [1.29, 1.82) is 0 Å². The minimum Gasteiger partial charge on any atom is -0.366 e. The molecule has 0 radical (unpaired) electrons. The summed E-state index contributed by atoms with van der Waals surface area (Å²) >= 11 is 3.40. The zero-order chi connectivity index (χ0) is 14.0. The van der Waals surface area contributed by atoms with Crippen LogP contribution in [0.2, 0.25) is 0 Å². The van der Waals surface area contributed by atoms with Gasteiger partial charge in [0, 0.05) is 17.6 Å². The molecule has 0 saturated carbocycles. The van der Waals surface area contributed by atoms with Gasteiger partial charge in [-0.05, 0) is 49.2 Å². The first-order valence-electron chi connectivity index (χ1n) is 6.28. The van der Waals surface area contributed by atoms with Gasteiger partial charge >= 0.3 is 0 Å². The summed E-state index contributed by atoms with van der Waals surface area (Å²) in [5, 5.41) is 17.6. The monoisotopic (exact) mass is 328 g/mol. The number of aromatic nitrogens is 1. The highest BCUT2D eigenvalue weighted by atomic mass is 79.9. The van der Waals surface area contributed by atoms with Gasteiger partial charge in [0.15, 0.2) is 0 Å². The Hall–Kier alpha value is -1.21. The molecule has 2 atom stereocenters. The van der Waals surface area contributed by atoms with Crippen molar-refractivity contribution >= 4 is 27.4 Å². The van der Waals surface area contributed by atoms with Crippen LogP contribution in [0.5, 0.6) is 0 Å². The number of hydrogen-bond donors (Lipinski definition) is 2. The molecule has 0 bridgehead atoms. The molecule has 1 aromatic rings. The Morgan fingerprint density at radius 3 is 3.00 bits per heavy atom. The number of pyridine rings is 1. The van der Waals surface area contributed by atoms with Gasteiger partial charge < -0.3 is 10.6 Å². The predicted molar refractivity (Wildman–Crippen MR) is 77.4 cm³/mol. The van der Waals surface area contributed by atoms with Gasteiger partial charge in [0.05, 0.1) is 9.40 Å². The van der Waals surface area contributed by atoms with E-state index in [-0.39, 0.29) is 5.69 Å². The molecule has 1 aliphatic rings. The molecule has 1 aliphatic heterocycles. The second-order valence-corrected chi connectivity index (χ2v) is 5.70. The summed E-state index contributed by atoms with van der Waals surface area (Å²) in [5.41, 5.74) is 0.639. The van der Waals surface area contributed by atoms with E-state index >= 15 is 0 Å².